The van der Waals surface area contributed by atoms with Crippen LogP contribution < -0.4 is 10.2 Å². The number of amides is 3. The Morgan fingerprint density at radius 1 is 1.24 bits per heavy atom. The third-order valence-electron chi connectivity index (χ3n) is 5.19. The highest BCUT2D eigenvalue weighted by Gasteiger charge is 2.29. The number of pyridine rings is 1. The van der Waals surface area contributed by atoms with Crippen LogP contribution in [0.15, 0.2) is 41.6 Å². The van der Waals surface area contributed by atoms with Gasteiger partial charge < -0.3 is 4.74 Å². The minimum atomic E-state index is -0.577. The largest absolute Gasteiger partial charge is 0.443 e. The van der Waals surface area contributed by atoms with E-state index in [9.17, 15) is 14.4 Å². The lowest BCUT2D eigenvalue weighted by Gasteiger charge is -2.25. The van der Waals surface area contributed by atoms with E-state index in [2.05, 4.69) is 15.3 Å². The fraction of sp³-hybridized carbons (Fsp3) is 0.261. The number of fused-ring (bicyclic) bond motifs is 2. The standard InChI is InChI=1S/C23H21N5O4S.H2/c1-23(2,3)32-22(31)27-9-8-13-4-6-15(11-17(13)27)28-12-24-16-7-5-14(25-19(16)28)10-18-20(29)26-21(30)33-18;/h4-7,10-12H,8-9H2,1-3H3,(H,26,29,30);1H/b18-10-;. The Hall–Kier alpha value is -3.66. The number of rotatable bonds is 2. The summed E-state index contributed by atoms with van der Waals surface area (Å²) in [5.74, 6) is -0.429. The van der Waals surface area contributed by atoms with Gasteiger partial charge in [0.2, 0.25) is 0 Å². The third-order valence-corrected chi connectivity index (χ3v) is 6.00. The maximum absolute atomic E-state index is 12.7. The molecule has 9 nitrogen and oxygen atoms in total. The molecule has 1 N–H and O–H groups in total. The van der Waals surface area contributed by atoms with Crippen molar-refractivity contribution in [1.29, 1.82) is 0 Å². The van der Waals surface area contributed by atoms with Crippen LogP contribution in [0.5, 0.6) is 0 Å². The number of aromatic nitrogens is 3. The number of imidazole rings is 1. The molecule has 0 saturated carbocycles. The Morgan fingerprint density at radius 2 is 2.06 bits per heavy atom. The second-order valence-electron chi connectivity index (χ2n) is 8.74. The van der Waals surface area contributed by atoms with Gasteiger partial charge in [0.05, 0.1) is 22.0 Å². The monoisotopic (exact) mass is 465 g/mol. The Balaban J connectivity index is 0.00000274. The fourth-order valence-electron chi connectivity index (χ4n) is 3.76. The van der Waals surface area contributed by atoms with Gasteiger partial charge in [-0.15, -0.1) is 0 Å². The van der Waals surface area contributed by atoms with E-state index in [4.69, 9.17) is 4.74 Å². The van der Waals surface area contributed by atoms with Gasteiger partial charge in [-0.05, 0) is 74.9 Å². The Kier molecular flexibility index (Phi) is 4.97. The van der Waals surface area contributed by atoms with Crippen LogP contribution in [0.25, 0.3) is 22.9 Å². The number of benzene rings is 1. The average molecular weight is 466 g/mol. The van der Waals surface area contributed by atoms with Crippen molar-refractivity contribution in [3.05, 3.63) is 52.8 Å². The number of thioether (sulfide) groups is 1. The van der Waals surface area contributed by atoms with Gasteiger partial charge in [-0.3, -0.25) is 24.4 Å². The summed E-state index contributed by atoms with van der Waals surface area (Å²) in [4.78, 5) is 47.0. The molecule has 2 aliphatic rings. The molecule has 0 atom stereocenters. The normalized spacial score (nSPS) is 17.1. The smallest absolute Gasteiger partial charge is 0.414 e. The van der Waals surface area contributed by atoms with Crippen LogP contribution in [0.3, 0.4) is 0 Å². The molecular weight excluding hydrogens is 442 g/mol. The Bertz CT molecular complexity index is 1360. The zero-order valence-electron chi connectivity index (χ0n) is 18.3. The lowest BCUT2D eigenvalue weighted by atomic mass is 10.1. The van der Waals surface area contributed by atoms with Crippen LogP contribution in [0.4, 0.5) is 15.3 Å². The Labute approximate surface area is 195 Å². The molecule has 0 unspecified atom stereocenters. The van der Waals surface area contributed by atoms with Crippen molar-refractivity contribution in [3.63, 3.8) is 0 Å². The molecule has 1 aromatic carbocycles. The van der Waals surface area contributed by atoms with Gasteiger partial charge in [-0.25, -0.2) is 14.8 Å². The first kappa shape index (κ1) is 21.2. The van der Waals surface area contributed by atoms with Gasteiger partial charge >= 0.3 is 6.09 Å². The summed E-state index contributed by atoms with van der Waals surface area (Å²) in [6.45, 7) is 6.10. The quantitative estimate of drug-likeness (QED) is 0.563. The first-order valence-corrected chi connectivity index (χ1v) is 11.2. The van der Waals surface area contributed by atoms with Crippen LogP contribution in [-0.4, -0.2) is 43.9 Å². The topological polar surface area (TPSA) is 106 Å². The minimum Gasteiger partial charge on any atom is -0.443 e. The van der Waals surface area contributed by atoms with Crippen molar-refractivity contribution < 1.29 is 20.5 Å². The first-order valence-electron chi connectivity index (χ1n) is 10.4. The van der Waals surface area contributed by atoms with Crippen molar-refractivity contribution in [3.8, 4) is 5.69 Å². The van der Waals surface area contributed by atoms with Crippen LogP contribution in [-0.2, 0) is 16.0 Å². The fourth-order valence-corrected chi connectivity index (χ4v) is 4.42. The molecule has 5 rings (SSSR count). The van der Waals surface area contributed by atoms with Crippen molar-refractivity contribution in [2.24, 2.45) is 0 Å². The number of anilines is 1. The number of ether oxygens (including phenoxy) is 1. The van der Waals surface area contributed by atoms with E-state index in [1.54, 1.807) is 23.4 Å². The van der Waals surface area contributed by atoms with Crippen LogP contribution in [0.1, 0.15) is 33.5 Å². The lowest BCUT2D eigenvalue weighted by Crippen LogP contribution is -2.35. The molecule has 4 heterocycles. The SMILES string of the molecule is CC(C)(C)OC(=O)N1CCc2ccc(-n3cnc4ccc(/C=C5\SC(=O)NC5=O)nc43)cc21.[HH]. The third kappa shape index (κ3) is 4.09. The zero-order valence-corrected chi connectivity index (χ0v) is 19.1. The van der Waals surface area contributed by atoms with Crippen molar-refractivity contribution in [1.82, 2.24) is 19.9 Å². The summed E-state index contributed by atoms with van der Waals surface area (Å²) in [6, 6.07) is 9.45. The van der Waals surface area contributed by atoms with Crippen molar-refractivity contribution in [2.75, 3.05) is 11.4 Å². The van der Waals surface area contributed by atoms with E-state index in [0.29, 0.717) is 28.3 Å². The molecule has 0 spiro atoms. The van der Waals surface area contributed by atoms with Crippen LogP contribution in [0.2, 0.25) is 0 Å². The average Bonchev–Trinajstić information content (AvgIpc) is 3.42. The van der Waals surface area contributed by atoms with Gasteiger partial charge in [0, 0.05) is 7.97 Å². The highest BCUT2D eigenvalue weighted by atomic mass is 32.2. The summed E-state index contributed by atoms with van der Waals surface area (Å²) in [7, 11) is 0. The number of carbonyl (C=O) groups is 3. The predicted molar refractivity (Wildman–Crippen MR) is 127 cm³/mol. The second-order valence-corrected chi connectivity index (χ2v) is 9.76. The van der Waals surface area contributed by atoms with E-state index in [-0.39, 0.29) is 7.52 Å². The van der Waals surface area contributed by atoms with Crippen molar-refractivity contribution >= 4 is 51.9 Å². The molecular formula is C23H23N5O4S. The van der Waals surface area contributed by atoms with Gasteiger partial charge in [0.15, 0.2) is 5.65 Å². The van der Waals surface area contributed by atoms with Gasteiger partial charge in [-0.2, -0.15) is 0 Å². The maximum Gasteiger partial charge on any atom is 0.414 e. The summed E-state index contributed by atoms with van der Waals surface area (Å²) in [5, 5.41) is 1.84. The van der Waals surface area contributed by atoms with Gasteiger partial charge in [-0.1, -0.05) is 6.07 Å². The number of hydrogen-bond donors (Lipinski definition) is 1. The molecule has 2 aliphatic heterocycles. The molecule has 0 radical (unpaired) electrons. The highest BCUT2D eigenvalue weighted by Crippen LogP contribution is 2.32. The molecule has 170 valence electrons. The Morgan fingerprint density at radius 3 is 2.79 bits per heavy atom. The second kappa shape index (κ2) is 7.73. The minimum absolute atomic E-state index is 0. The molecule has 0 bridgehead atoms. The number of nitrogens with zero attached hydrogens (tertiary/aromatic N) is 4. The molecule has 0 aliphatic carbocycles. The van der Waals surface area contributed by atoms with E-state index in [0.717, 1.165) is 35.1 Å². The number of nitrogens with one attached hydrogen (secondary N) is 1. The van der Waals surface area contributed by atoms with Crippen LogP contribution >= 0.6 is 11.8 Å². The molecule has 2 aromatic heterocycles. The summed E-state index contributed by atoms with van der Waals surface area (Å²) in [5.41, 5.74) is 3.91. The summed E-state index contributed by atoms with van der Waals surface area (Å²) >= 11 is 0.846. The van der Waals surface area contributed by atoms with Gasteiger partial charge in [0.1, 0.15) is 17.4 Å². The maximum atomic E-state index is 12.7. The molecule has 3 amide bonds. The molecule has 1 fully saturated rings. The van der Waals surface area contributed by atoms with E-state index in [1.807, 2.05) is 49.6 Å². The molecule has 1 saturated heterocycles. The summed E-state index contributed by atoms with van der Waals surface area (Å²) < 4.78 is 7.39. The van der Waals surface area contributed by atoms with Gasteiger partial charge in [0.25, 0.3) is 11.1 Å². The summed E-state index contributed by atoms with van der Waals surface area (Å²) in [6.07, 6.45) is 3.63. The van der Waals surface area contributed by atoms with E-state index in [1.165, 1.54) is 0 Å². The number of imide groups is 1. The molecule has 33 heavy (non-hydrogen) atoms. The predicted octanol–water partition coefficient (Wildman–Crippen LogP) is 4.29. The number of carbonyl (C=O) groups excluding carboxylic acids is 3. The van der Waals surface area contributed by atoms with Crippen LogP contribution in [0, 0.1) is 0 Å². The molecule has 3 aromatic rings. The highest BCUT2D eigenvalue weighted by molar-refractivity contribution is 8.18. The lowest BCUT2D eigenvalue weighted by molar-refractivity contribution is -0.115. The number of hydrogen-bond acceptors (Lipinski definition) is 7. The van der Waals surface area contributed by atoms with E-state index >= 15 is 0 Å². The zero-order chi connectivity index (χ0) is 23.3. The van der Waals surface area contributed by atoms with E-state index < -0.39 is 16.7 Å². The first-order chi connectivity index (χ1) is 15.7. The molecule has 10 heteroatoms. The van der Waals surface area contributed by atoms with Crippen molar-refractivity contribution in [2.45, 2.75) is 32.8 Å².